The standard InChI is InChI=1S/C23H27N3O4/c1-24-23(29)17-7-5-16(6-8-17)15-26(2)22(28)4-3-13-30-19-10-11-20-18(14-19)9-12-21(27)25-20/h5-8,10-11,14H,3-4,9,12-13,15H2,1-2H3,(H,24,29)(H,25,27). The number of rotatable bonds is 8. The molecule has 1 aliphatic heterocycles. The van der Waals surface area contributed by atoms with Crippen LogP contribution in [-0.2, 0) is 22.6 Å². The van der Waals surface area contributed by atoms with E-state index < -0.39 is 0 Å². The van der Waals surface area contributed by atoms with Gasteiger partial charge in [-0.1, -0.05) is 12.1 Å². The second-order valence-corrected chi connectivity index (χ2v) is 7.34. The van der Waals surface area contributed by atoms with Gasteiger partial charge in [0.1, 0.15) is 5.75 Å². The molecule has 0 radical (unpaired) electrons. The average molecular weight is 409 g/mol. The normalized spacial score (nSPS) is 12.5. The van der Waals surface area contributed by atoms with Crippen molar-refractivity contribution >= 4 is 23.4 Å². The molecule has 3 rings (SSSR count). The molecule has 0 fully saturated rings. The number of hydrogen-bond donors (Lipinski definition) is 2. The lowest BCUT2D eigenvalue weighted by atomic mass is 10.0. The molecule has 2 aromatic rings. The SMILES string of the molecule is CNC(=O)c1ccc(CN(C)C(=O)CCCOc2ccc3c(c2)CCC(=O)N3)cc1. The molecular formula is C23H27N3O4. The summed E-state index contributed by atoms with van der Waals surface area (Å²) >= 11 is 0. The number of aryl methyl sites for hydroxylation is 1. The first-order chi connectivity index (χ1) is 14.5. The van der Waals surface area contributed by atoms with Gasteiger partial charge in [0, 0.05) is 44.7 Å². The number of fused-ring (bicyclic) bond motifs is 1. The van der Waals surface area contributed by atoms with E-state index in [0.717, 1.165) is 22.6 Å². The summed E-state index contributed by atoms with van der Waals surface area (Å²) in [6, 6.07) is 12.9. The Hall–Kier alpha value is -3.35. The van der Waals surface area contributed by atoms with Gasteiger partial charge >= 0.3 is 0 Å². The summed E-state index contributed by atoms with van der Waals surface area (Å²) in [5, 5.41) is 5.43. The fraction of sp³-hybridized carbons (Fsp3) is 0.348. The van der Waals surface area contributed by atoms with E-state index in [9.17, 15) is 14.4 Å². The lowest BCUT2D eigenvalue weighted by Gasteiger charge is -2.18. The van der Waals surface area contributed by atoms with Gasteiger partial charge in [-0.25, -0.2) is 0 Å². The quantitative estimate of drug-likeness (QED) is 0.657. The molecule has 2 aromatic carbocycles. The van der Waals surface area contributed by atoms with Crippen molar-refractivity contribution in [3.63, 3.8) is 0 Å². The summed E-state index contributed by atoms with van der Waals surface area (Å²) in [5.74, 6) is 0.708. The fourth-order valence-electron chi connectivity index (χ4n) is 3.32. The molecule has 0 unspecified atom stereocenters. The van der Waals surface area contributed by atoms with E-state index in [4.69, 9.17) is 4.74 Å². The van der Waals surface area contributed by atoms with Gasteiger partial charge in [0.15, 0.2) is 0 Å². The maximum atomic E-state index is 12.4. The average Bonchev–Trinajstić information content (AvgIpc) is 2.76. The van der Waals surface area contributed by atoms with E-state index in [1.54, 1.807) is 31.1 Å². The molecule has 0 bridgehead atoms. The molecule has 0 saturated heterocycles. The van der Waals surface area contributed by atoms with Crippen molar-refractivity contribution in [2.45, 2.75) is 32.2 Å². The molecule has 1 aliphatic rings. The number of nitrogens with zero attached hydrogens (tertiary/aromatic N) is 1. The first-order valence-electron chi connectivity index (χ1n) is 10.1. The van der Waals surface area contributed by atoms with E-state index in [-0.39, 0.29) is 17.7 Å². The lowest BCUT2D eigenvalue weighted by molar-refractivity contribution is -0.130. The number of carbonyl (C=O) groups is 3. The highest BCUT2D eigenvalue weighted by Gasteiger charge is 2.15. The Labute approximate surface area is 176 Å². The summed E-state index contributed by atoms with van der Waals surface area (Å²) in [7, 11) is 3.37. The van der Waals surface area contributed by atoms with E-state index >= 15 is 0 Å². The van der Waals surface area contributed by atoms with Crippen LogP contribution < -0.4 is 15.4 Å². The van der Waals surface area contributed by atoms with Crippen LogP contribution in [-0.4, -0.2) is 43.3 Å². The molecule has 7 heteroatoms. The van der Waals surface area contributed by atoms with Gasteiger partial charge in [0.05, 0.1) is 6.61 Å². The van der Waals surface area contributed by atoms with Crippen molar-refractivity contribution in [2.24, 2.45) is 0 Å². The summed E-state index contributed by atoms with van der Waals surface area (Å²) in [6.45, 7) is 0.940. The molecule has 2 N–H and O–H groups in total. The molecule has 0 atom stereocenters. The molecule has 0 spiro atoms. The largest absolute Gasteiger partial charge is 0.494 e. The summed E-state index contributed by atoms with van der Waals surface area (Å²) in [4.78, 5) is 37.0. The first kappa shape index (κ1) is 21.4. The van der Waals surface area contributed by atoms with Crippen LogP contribution in [0.4, 0.5) is 5.69 Å². The zero-order valence-electron chi connectivity index (χ0n) is 17.4. The molecule has 30 heavy (non-hydrogen) atoms. The molecule has 0 saturated carbocycles. The number of carbonyl (C=O) groups excluding carboxylic acids is 3. The second kappa shape index (κ2) is 9.91. The Morgan fingerprint density at radius 1 is 1.13 bits per heavy atom. The Morgan fingerprint density at radius 2 is 1.90 bits per heavy atom. The predicted octanol–water partition coefficient (Wildman–Crippen LogP) is 2.75. The summed E-state index contributed by atoms with van der Waals surface area (Å²) in [5.41, 5.74) is 3.48. The maximum Gasteiger partial charge on any atom is 0.251 e. The number of anilines is 1. The zero-order chi connectivity index (χ0) is 21.5. The van der Waals surface area contributed by atoms with Crippen LogP contribution in [0.5, 0.6) is 5.75 Å². The third-order valence-corrected chi connectivity index (χ3v) is 5.06. The molecule has 7 nitrogen and oxygen atoms in total. The number of hydrogen-bond acceptors (Lipinski definition) is 4. The topological polar surface area (TPSA) is 87.7 Å². The van der Waals surface area contributed by atoms with E-state index in [1.807, 2.05) is 30.3 Å². The minimum absolute atomic E-state index is 0.0428. The Bertz CT molecular complexity index is 925. The summed E-state index contributed by atoms with van der Waals surface area (Å²) < 4.78 is 5.77. The monoisotopic (exact) mass is 409 g/mol. The number of amides is 3. The number of nitrogens with one attached hydrogen (secondary N) is 2. The van der Waals surface area contributed by atoms with Crippen LogP contribution in [0.25, 0.3) is 0 Å². The summed E-state index contributed by atoms with van der Waals surface area (Å²) in [6.07, 6.45) is 2.22. The number of benzene rings is 2. The van der Waals surface area contributed by atoms with Gasteiger partial charge in [-0.15, -0.1) is 0 Å². The van der Waals surface area contributed by atoms with Crippen LogP contribution in [0, 0.1) is 0 Å². The fourth-order valence-corrected chi connectivity index (χ4v) is 3.32. The van der Waals surface area contributed by atoms with Crippen LogP contribution >= 0.6 is 0 Å². The molecule has 3 amide bonds. The van der Waals surface area contributed by atoms with Crippen molar-refractivity contribution in [1.82, 2.24) is 10.2 Å². The van der Waals surface area contributed by atoms with Crippen LogP contribution in [0.15, 0.2) is 42.5 Å². The van der Waals surface area contributed by atoms with Crippen LogP contribution in [0.1, 0.15) is 40.7 Å². The minimum atomic E-state index is -0.130. The van der Waals surface area contributed by atoms with E-state index in [1.165, 1.54) is 0 Å². The first-order valence-corrected chi connectivity index (χ1v) is 10.1. The molecule has 1 heterocycles. The van der Waals surface area contributed by atoms with Gasteiger partial charge in [0.2, 0.25) is 11.8 Å². The third-order valence-electron chi connectivity index (χ3n) is 5.06. The van der Waals surface area contributed by atoms with Crippen LogP contribution in [0.3, 0.4) is 0 Å². The molecule has 0 aromatic heterocycles. The molecular weight excluding hydrogens is 382 g/mol. The highest BCUT2D eigenvalue weighted by atomic mass is 16.5. The van der Waals surface area contributed by atoms with Crippen molar-refractivity contribution < 1.29 is 19.1 Å². The Morgan fingerprint density at radius 3 is 2.63 bits per heavy atom. The molecule has 158 valence electrons. The van der Waals surface area contributed by atoms with Crippen molar-refractivity contribution in [1.29, 1.82) is 0 Å². The van der Waals surface area contributed by atoms with Gasteiger partial charge < -0.3 is 20.3 Å². The van der Waals surface area contributed by atoms with Crippen LogP contribution in [0.2, 0.25) is 0 Å². The zero-order valence-corrected chi connectivity index (χ0v) is 17.4. The van der Waals surface area contributed by atoms with Gasteiger partial charge in [-0.05, 0) is 54.3 Å². The van der Waals surface area contributed by atoms with E-state index in [2.05, 4.69) is 10.6 Å². The molecule has 0 aliphatic carbocycles. The van der Waals surface area contributed by atoms with Crippen molar-refractivity contribution in [3.05, 3.63) is 59.2 Å². The van der Waals surface area contributed by atoms with Crippen molar-refractivity contribution in [2.75, 3.05) is 26.0 Å². The predicted molar refractivity (Wildman–Crippen MR) is 114 cm³/mol. The van der Waals surface area contributed by atoms with Crippen molar-refractivity contribution in [3.8, 4) is 5.75 Å². The second-order valence-electron chi connectivity index (χ2n) is 7.34. The van der Waals surface area contributed by atoms with Gasteiger partial charge in [-0.2, -0.15) is 0 Å². The van der Waals surface area contributed by atoms with Gasteiger partial charge in [0.25, 0.3) is 5.91 Å². The Kier molecular flexibility index (Phi) is 7.06. The van der Waals surface area contributed by atoms with Gasteiger partial charge in [-0.3, -0.25) is 14.4 Å². The Balaban J connectivity index is 1.41. The van der Waals surface area contributed by atoms with E-state index in [0.29, 0.717) is 44.4 Å². The smallest absolute Gasteiger partial charge is 0.251 e. The lowest BCUT2D eigenvalue weighted by Crippen LogP contribution is -2.26. The minimum Gasteiger partial charge on any atom is -0.494 e. The highest BCUT2D eigenvalue weighted by molar-refractivity contribution is 5.94. The maximum absolute atomic E-state index is 12.4. The highest BCUT2D eigenvalue weighted by Crippen LogP contribution is 2.26. The number of ether oxygens (including phenoxy) is 1. The third kappa shape index (κ3) is 5.59.